The van der Waals surface area contributed by atoms with Gasteiger partial charge in [0.05, 0.1) is 12.4 Å². The van der Waals surface area contributed by atoms with E-state index in [2.05, 4.69) is 13.8 Å². The summed E-state index contributed by atoms with van der Waals surface area (Å²) in [4.78, 5) is 0. The van der Waals surface area contributed by atoms with Crippen LogP contribution in [0.5, 0.6) is 5.75 Å². The molecule has 2 atom stereocenters. The summed E-state index contributed by atoms with van der Waals surface area (Å²) in [5.74, 6) is -0.972. The number of hydrogen-bond acceptors (Lipinski definition) is 1. The average molecular weight is 493 g/mol. The second kappa shape index (κ2) is 12.3. The van der Waals surface area contributed by atoms with Gasteiger partial charge in [0.1, 0.15) is 5.75 Å². The number of ether oxygens (including phenoxy) is 1. The van der Waals surface area contributed by atoms with E-state index < -0.39 is 11.6 Å². The van der Waals surface area contributed by atoms with Gasteiger partial charge in [-0.25, -0.2) is 13.2 Å². The molecule has 2 unspecified atom stereocenters. The van der Waals surface area contributed by atoms with Gasteiger partial charge < -0.3 is 4.74 Å². The van der Waals surface area contributed by atoms with E-state index in [1.165, 1.54) is 5.56 Å². The molecule has 0 aromatic heterocycles. The highest BCUT2D eigenvalue weighted by Crippen LogP contribution is 2.34. The van der Waals surface area contributed by atoms with Crippen LogP contribution in [0, 0.1) is 23.5 Å². The Morgan fingerprint density at radius 2 is 1.36 bits per heavy atom. The Morgan fingerprint density at radius 3 is 1.92 bits per heavy atom. The molecule has 0 heterocycles. The summed E-state index contributed by atoms with van der Waals surface area (Å²) in [6, 6.07) is 17.8. The van der Waals surface area contributed by atoms with Gasteiger partial charge in [-0.3, -0.25) is 0 Å². The molecule has 1 aliphatic rings. The summed E-state index contributed by atoms with van der Waals surface area (Å²) in [7, 11) is 0. The number of aryl methyl sites for hydroxylation is 1. The minimum atomic E-state index is -0.862. The van der Waals surface area contributed by atoms with Gasteiger partial charge in [-0.2, -0.15) is 0 Å². The predicted octanol–water partition coefficient (Wildman–Crippen LogP) is 9.70. The van der Waals surface area contributed by atoms with Crippen molar-refractivity contribution in [3.8, 4) is 28.0 Å². The first kappa shape index (κ1) is 26.1. The molecule has 0 saturated carbocycles. The zero-order valence-corrected chi connectivity index (χ0v) is 21.2. The van der Waals surface area contributed by atoms with Crippen LogP contribution >= 0.6 is 0 Å². The first-order valence-corrected chi connectivity index (χ1v) is 13.2. The van der Waals surface area contributed by atoms with Crippen LogP contribution < -0.4 is 4.74 Å². The average Bonchev–Trinajstić information content (AvgIpc) is 2.90. The van der Waals surface area contributed by atoms with Gasteiger partial charge in [-0.15, -0.1) is 0 Å². The minimum Gasteiger partial charge on any atom is -0.493 e. The first-order valence-electron chi connectivity index (χ1n) is 13.2. The van der Waals surface area contributed by atoms with Crippen molar-refractivity contribution in [2.75, 3.05) is 6.61 Å². The van der Waals surface area contributed by atoms with Gasteiger partial charge in [0, 0.05) is 23.0 Å². The summed E-state index contributed by atoms with van der Waals surface area (Å²) in [5.41, 5.74) is 2.88. The Hall–Kier alpha value is -3.01. The molecule has 36 heavy (non-hydrogen) atoms. The summed E-state index contributed by atoms with van der Waals surface area (Å²) >= 11 is 0. The summed E-state index contributed by atoms with van der Waals surface area (Å²) in [5, 5.41) is 0. The highest BCUT2D eigenvalue weighted by Gasteiger charge is 2.23. The zero-order valence-electron chi connectivity index (χ0n) is 21.2. The molecule has 3 aromatic rings. The molecule has 3 aromatic carbocycles. The van der Waals surface area contributed by atoms with Gasteiger partial charge in [0.15, 0.2) is 11.6 Å². The van der Waals surface area contributed by atoms with Crippen molar-refractivity contribution < 1.29 is 17.9 Å². The number of hydrogen-bond donors (Lipinski definition) is 0. The molecule has 0 aliphatic heterocycles. The van der Waals surface area contributed by atoms with Crippen molar-refractivity contribution in [2.24, 2.45) is 11.8 Å². The third kappa shape index (κ3) is 6.21. The SMILES string of the molecule is CCCCC1CCC(COc2ccc(-c3ccc(-c4ccc(CCC)cc4)c(F)c3F)cc2)C=C1F. The van der Waals surface area contributed by atoms with Crippen LogP contribution in [0.3, 0.4) is 0 Å². The standard InChI is InChI=1S/C32H35F3O/c1-3-5-7-26-13-10-23(20-30(26)33)21-36-27-16-14-25(15-17-27)29-19-18-28(31(34)32(29)35)24-11-8-22(6-4-2)9-12-24/h8-9,11-12,14-20,23,26H,3-7,10,13,21H2,1-2H3. The Kier molecular flexibility index (Phi) is 8.90. The first-order chi connectivity index (χ1) is 17.5. The second-order valence-corrected chi connectivity index (χ2v) is 9.80. The van der Waals surface area contributed by atoms with Gasteiger partial charge in [-0.05, 0) is 60.6 Å². The lowest BCUT2D eigenvalue weighted by Gasteiger charge is -2.24. The normalized spacial score (nSPS) is 17.6. The van der Waals surface area contributed by atoms with Crippen LogP contribution in [-0.2, 0) is 6.42 Å². The van der Waals surface area contributed by atoms with Gasteiger partial charge in [0.25, 0.3) is 0 Å². The smallest absolute Gasteiger partial charge is 0.167 e. The lowest BCUT2D eigenvalue weighted by molar-refractivity contribution is 0.239. The van der Waals surface area contributed by atoms with Gasteiger partial charge in [-0.1, -0.05) is 81.6 Å². The molecule has 1 nitrogen and oxygen atoms in total. The summed E-state index contributed by atoms with van der Waals surface area (Å²) < 4.78 is 50.3. The minimum absolute atomic E-state index is 0.00324. The van der Waals surface area contributed by atoms with E-state index in [9.17, 15) is 8.78 Å². The Morgan fingerprint density at radius 1 is 0.750 bits per heavy atom. The number of allylic oxidation sites excluding steroid dienone is 1. The molecule has 4 rings (SSSR count). The number of halogens is 3. The van der Waals surface area contributed by atoms with Crippen LogP contribution in [0.25, 0.3) is 22.3 Å². The third-order valence-electron chi connectivity index (χ3n) is 7.09. The highest BCUT2D eigenvalue weighted by molar-refractivity contribution is 5.72. The van der Waals surface area contributed by atoms with Crippen LogP contribution in [0.1, 0.15) is 57.9 Å². The molecular formula is C32H35F3O. The Bertz CT molecular complexity index is 1170. The van der Waals surface area contributed by atoms with Crippen LogP contribution in [-0.4, -0.2) is 6.61 Å². The molecule has 4 heteroatoms. The van der Waals surface area contributed by atoms with Crippen LogP contribution in [0.4, 0.5) is 13.2 Å². The Balaban J connectivity index is 1.41. The van der Waals surface area contributed by atoms with Crippen LogP contribution in [0.2, 0.25) is 0 Å². The molecule has 0 bridgehead atoms. The van der Waals surface area contributed by atoms with E-state index in [0.717, 1.165) is 44.9 Å². The fraction of sp³-hybridized carbons (Fsp3) is 0.375. The fourth-order valence-corrected chi connectivity index (χ4v) is 4.93. The Labute approximate surface area is 213 Å². The topological polar surface area (TPSA) is 9.23 Å². The molecule has 0 saturated heterocycles. The summed E-state index contributed by atoms with van der Waals surface area (Å²) in [6.45, 7) is 4.64. The van der Waals surface area contributed by atoms with Gasteiger partial charge >= 0.3 is 0 Å². The van der Waals surface area contributed by atoms with Crippen molar-refractivity contribution in [3.63, 3.8) is 0 Å². The van der Waals surface area contributed by atoms with Crippen molar-refractivity contribution in [2.45, 2.75) is 58.8 Å². The predicted molar refractivity (Wildman–Crippen MR) is 142 cm³/mol. The molecule has 0 fully saturated rings. The third-order valence-corrected chi connectivity index (χ3v) is 7.09. The molecule has 0 radical (unpaired) electrons. The lowest BCUT2D eigenvalue weighted by atomic mass is 9.85. The maximum Gasteiger partial charge on any atom is 0.167 e. The second-order valence-electron chi connectivity index (χ2n) is 9.80. The van der Waals surface area contributed by atoms with E-state index in [4.69, 9.17) is 4.74 Å². The molecule has 1 aliphatic carbocycles. The maximum atomic E-state index is 15.0. The summed E-state index contributed by atoms with van der Waals surface area (Å²) in [6.07, 6.45) is 8.54. The molecule has 190 valence electrons. The van der Waals surface area contributed by atoms with E-state index in [-0.39, 0.29) is 28.8 Å². The van der Waals surface area contributed by atoms with E-state index in [0.29, 0.717) is 23.5 Å². The van der Waals surface area contributed by atoms with Gasteiger partial charge in [0.2, 0.25) is 0 Å². The monoisotopic (exact) mass is 492 g/mol. The van der Waals surface area contributed by atoms with E-state index in [1.807, 2.05) is 24.3 Å². The molecule has 0 amide bonds. The fourth-order valence-electron chi connectivity index (χ4n) is 4.93. The molecule has 0 spiro atoms. The van der Waals surface area contributed by atoms with Crippen molar-refractivity contribution in [3.05, 3.63) is 89.8 Å². The van der Waals surface area contributed by atoms with Crippen LogP contribution in [0.15, 0.2) is 72.6 Å². The highest BCUT2D eigenvalue weighted by atomic mass is 19.2. The number of benzene rings is 3. The number of unbranched alkanes of at least 4 members (excludes halogenated alkanes) is 1. The molecular weight excluding hydrogens is 457 g/mol. The number of rotatable bonds is 10. The van der Waals surface area contributed by atoms with E-state index >= 15 is 4.39 Å². The largest absolute Gasteiger partial charge is 0.493 e. The van der Waals surface area contributed by atoms with E-state index in [1.54, 1.807) is 42.5 Å². The van der Waals surface area contributed by atoms with Crippen molar-refractivity contribution in [1.82, 2.24) is 0 Å². The zero-order chi connectivity index (χ0) is 25.5. The van der Waals surface area contributed by atoms with Crippen molar-refractivity contribution in [1.29, 1.82) is 0 Å². The molecule has 0 N–H and O–H groups in total. The lowest BCUT2D eigenvalue weighted by Crippen LogP contribution is -2.18. The van der Waals surface area contributed by atoms with Crippen molar-refractivity contribution >= 4 is 0 Å². The maximum absolute atomic E-state index is 15.0. The quantitative estimate of drug-likeness (QED) is 0.274.